The van der Waals surface area contributed by atoms with Crippen LogP contribution in [0.25, 0.3) is 0 Å². The first kappa shape index (κ1) is 25.0. The predicted octanol–water partition coefficient (Wildman–Crippen LogP) is 3.90. The largest absolute Gasteiger partial charge is 0.490 e. The fourth-order valence-electron chi connectivity index (χ4n) is 2.27. The van der Waals surface area contributed by atoms with E-state index in [0.717, 1.165) is 30.7 Å². The van der Waals surface area contributed by atoms with Crippen molar-refractivity contribution in [2.45, 2.75) is 32.0 Å². The SMILES string of the molecule is O=C(O)C(F)(F)F.O=C(O)CCNCCCc1cccc(OCc2ccccc2)c1. The summed E-state index contributed by atoms with van der Waals surface area (Å²) in [6, 6.07) is 18.2. The van der Waals surface area contributed by atoms with Gasteiger partial charge >= 0.3 is 18.1 Å². The molecule has 0 aliphatic carbocycles. The summed E-state index contributed by atoms with van der Waals surface area (Å²) < 4.78 is 37.6. The molecule has 0 aliphatic heterocycles. The summed E-state index contributed by atoms with van der Waals surface area (Å²) in [5, 5.41) is 18.8. The molecule has 30 heavy (non-hydrogen) atoms. The molecule has 2 aromatic rings. The van der Waals surface area contributed by atoms with Gasteiger partial charge in [-0.15, -0.1) is 0 Å². The zero-order valence-corrected chi connectivity index (χ0v) is 16.2. The summed E-state index contributed by atoms with van der Waals surface area (Å²) in [6.45, 7) is 1.92. The monoisotopic (exact) mass is 427 g/mol. The van der Waals surface area contributed by atoms with Crippen LogP contribution in [-0.2, 0) is 22.6 Å². The Bertz CT molecular complexity index is 782. The summed E-state index contributed by atoms with van der Waals surface area (Å²) in [7, 11) is 0. The number of nitrogens with one attached hydrogen (secondary N) is 1. The zero-order chi connectivity index (χ0) is 22.4. The molecule has 0 saturated heterocycles. The van der Waals surface area contributed by atoms with E-state index in [1.807, 2.05) is 42.5 Å². The maximum atomic E-state index is 10.6. The van der Waals surface area contributed by atoms with Crippen LogP contribution >= 0.6 is 0 Å². The fraction of sp³-hybridized carbons (Fsp3) is 0.333. The number of halogens is 3. The van der Waals surface area contributed by atoms with Crippen molar-refractivity contribution in [2.24, 2.45) is 0 Å². The van der Waals surface area contributed by atoms with Gasteiger partial charge < -0.3 is 20.3 Å². The minimum Gasteiger partial charge on any atom is -0.489 e. The number of ether oxygens (including phenoxy) is 1. The predicted molar refractivity (Wildman–Crippen MR) is 104 cm³/mol. The van der Waals surface area contributed by atoms with E-state index in [1.54, 1.807) is 0 Å². The lowest BCUT2D eigenvalue weighted by Crippen LogP contribution is -2.21. The lowest BCUT2D eigenvalue weighted by Gasteiger charge is -2.08. The van der Waals surface area contributed by atoms with Crippen LogP contribution < -0.4 is 10.1 Å². The number of aliphatic carboxylic acids is 2. The van der Waals surface area contributed by atoms with Gasteiger partial charge in [-0.3, -0.25) is 4.79 Å². The molecule has 0 unspecified atom stereocenters. The Balaban J connectivity index is 0.000000553. The minimum atomic E-state index is -5.08. The molecule has 0 aliphatic rings. The van der Waals surface area contributed by atoms with E-state index < -0.39 is 18.1 Å². The zero-order valence-electron chi connectivity index (χ0n) is 16.2. The van der Waals surface area contributed by atoms with Crippen LogP contribution in [-0.4, -0.2) is 41.4 Å². The van der Waals surface area contributed by atoms with Gasteiger partial charge in [-0.1, -0.05) is 42.5 Å². The van der Waals surface area contributed by atoms with E-state index in [-0.39, 0.29) is 6.42 Å². The molecule has 0 bridgehead atoms. The molecule has 0 heterocycles. The molecule has 0 spiro atoms. The summed E-state index contributed by atoms with van der Waals surface area (Å²) in [4.78, 5) is 19.3. The second-order valence-corrected chi connectivity index (χ2v) is 6.22. The molecule has 2 rings (SSSR count). The quantitative estimate of drug-likeness (QED) is 0.498. The van der Waals surface area contributed by atoms with Gasteiger partial charge in [0.1, 0.15) is 12.4 Å². The topological polar surface area (TPSA) is 95.9 Å². The highest BCUT2D eigenvalue weighted by Gasteiger charge is 2.38. The second-order valence-electron chi connectivity index (χ2n) is 6.22. The van der Waals surface area contributed by atoms with Crippen molar-refractivity contribution in [2.75, 3.05) is 13.1 Å². The van der Waals surface area contributed by atoms with Crippen LogP contribution in [0.15, 0.2) is 54.6 Å². The molecule has 0 saturated carbocycles. The van der Waals surface area contributed by atoms with Crippen LogP contribution in [0, 0.1) is 0 Å². The number of aryl methyl sites for hydroxylation is 1. The van der Waals surface area contributed by atoms with Gasteiger partial charge in [0.15, 0.2) is 0 Å². The average molecular weight is 427 g/mol. The van der Waals surface area contributed by atoms with Crippen molar-refractivity contribution < 1.29 is 37.7 Å². The summed E-state index contributed by atoms with van der Waals surface area (Å²) in [6.07, 6.45) is -2.99. The van der Waals surface area contributed by atoms with Crippen molar-refractivity contribution in [1.82, 2.24) is 5.32 Å². The summed E-state index contributed by atoms with van der Waals surface area (Å²) >= 11 is 0. The van der Waals surface area contributed by atoms with Crippen molar-refractivity contribution in [3.63, 3.8) is 0 Å². The Morgan fingerprint density at radius 2 is 1.57 bits per heavy atom. The Labute approximate surface area is 172 Å². The van der Waals surface area contributed by atoms with Crippen LogP contribution in [0.5, 0.6) is 5.75 Å². The van der Waals surface area contributed by atoms with E-state index in [2.05, 4.69) is 17.4 Å². The van der Waals surface area contributed by atoms with E-state index in [1.165, 1.54) is 5.56 Å². The maximum Gasteiger partial charge on any atom is 0.490 e. The molecular formula is C21H24F3NO5. The van der Waals surface area contributed by atoms with Gasteiger partial charge in [-0.25, -0.2) is 4.79 Å². The molecular weight excluding hydrogens is 403 g/mol. The fourth-order valence-corrected chi connectivity index (χ4v) is 2.27. The average Bonchev–Trinajstić information content (AvgIpc) is 2.70. The molecule has 2 aromatic carbocycles. The molecule has 9 heteroatoms. The molecule has 164 valence electrons. The van der Waals surface area contributed by atoms with Crippen LogP contribution in [0.1, 0.15) is 24.0 Å². The van der Waals surface area contributed by atoms with E-state index >= 15 is 0 Å². The standard InChI is InChI=1S/C19H23NO3.C2HF3O2/c21-19(22)11-13-20-12-5-9-16-8-4-10-18(14-16)23-15-17-6-2-1-3-7-17;3-2(4,5)1(6)7/h1-4,6-8,10,14,20H,5,9,11-13,15H2,(H,21,22);(H,6,7). The van der Waals surface area contributed by atoms with Gasteiger partial charge in [-0.2, -0.15) is 13.2 Å². The molecule has 3 N–H and O–H groups in total. The number of carboxylic acid groups (broad SMARTS) is 2. The molecule has 0 amide bonds. The first-order valence-corrected chi connectivity index (χ1v) is 9.17. The third-order valence-corrected chi connectivity index (χ3v) is 3.72. The number of alkyl halides is 3. The second kappa shape index (κ2) is 13.2. The van der Waals surface area contributed by atoms with Crippen LogP contribution in [0.3, 0.4) is 0 Å². The molecule has 0 atom stereocenters. The van der Waals surface area contributed by atoms with Gasteiger partial charge in [0.2, 0.25) is 0 Å². The highest BCUT2D eigenvalue weighted by molar-refractivity contribution is 5.73. The Morgan fingerprint density at radius 3 is 2.17 bits per heavy atom. The Hall–Kier alpha value is -3.07. The van der Waals surface area contributed by atoms with Gasteiger partial charge in [0.25, 0.3) is 0 Å². The van der Waals surface area contributed by atoms with Gasteiger partial charge in [0.05, 0.1) is 6.42 Å². The highest BCUT2D eigenvalue weighted by atomic mass is 19.4. The Morgan fingerprint density at radius 1 is 0.933 bits per heavy atom. The lowest BCUT2D eigenvalue weighted by atomic mass is 10.1. The normalized spacial score (nSPS) is 10.6. The highest BCUT2D eigenvalue weighted by Crippen LogP contribution is 2.16. The number of carboxylic acids is 2. The molecule has 6 nitrogen and oxygen atoms in total. The van der Waals surface area contributed by atoms with Crippen LogP contribution in [0.4, 0.5) is 13.2 Å². The molecule has 0 aromatic heterocycles. The summed E-state index contributed by atoms with van der Waals surface area (Å²) in [5.41, 5.74) is 2.39. The lowest BCUT2D eigenvalue weighted by molar-refractivity contribution is -0.192. The van der Waals surface area contributed by atoms with Crippen molar-refractivity contribution in [3.05, 3.63) is 65.7 Å². The Kier molecular flexibility index (Phi) is 11.0. The number of benzene rings is 2. The number of hydrogen-bond donors (Lipinski definition) is 3. The molecule has 0 fully saturated rings. The number of hydrogen-bond acceptors (Lipinski definition) is 4. The smallest absolute Gasteiger partial charge is 0.489 e. The number of carbonyl (C=O) groups is 2. The summed E-state index contributed by atoms with van der Waals surface area (Å²) in [5.74, 6) is -2.64. The minimum absolute atomic E-state index is 0.169. The van der Waals surface area contributed by atoms with Gasteiger partial charge in [0, 0.05) is 6.54 Å². The van der Waals surface area contributed by atoms with Crippen molar-refractivity contribution in [1.29, 1.82) is 0 Å². The first-order valence-electron chi connectivity index (χ1n) is 9.17. The third-order valence-electron chi connectivity index (χ3n) is 3.72. The van der Waals surface area contributed by atoms with E-state index in [9.17, 15) is 18.0 Å². The molecule has 0 radical (unpaired) electrons. The van der Waals surface area contributed by atoms with Crippen molar-refractivity contribution >= 4 is 11.9 Å². The van der Waals surface area contributed by atoms with E-state index in [4.69, 9.17) is 19.7 Å². The first-order chi connectivity index (χ1) is 14.2. The van der Waals surface area contributed by atoms with Crippen molar-refractivity contribution in [3.8, 4) is 5.75 Å². The van der Waals surface area contributed by atoms with Crippen LogP contribution in [0.2, 0.25) is 0 Å². The maximum absolute atomic E-state index is 10.6. The van der Waals surface area contributed by atoms with E-state index in [0.29, 0.717) is 13.2 Å². The third kappa shape index (κ3) is 11.7. The number of rotatable bonds is 10. The van der Waals surface area contributed by atoms with Gasteiger partial charge in [-0.05, 0) is 42.6 Å².